The van der Waals surface area contributed by atoms with Crippen LogP contribution in [0, 0.1) is 0 Å². The van der Waals surface area contributed by atoms with Gasteiger partial charge in [0.1, 0.15) is 11.4 Å². The summed E-state index contributed by atoms with van der Waals surface area (Å²) in [5.74, 6) is -0.244. The van der Waals surface area contributed by atoms with Gasteiger partial charge in [0.25, 0.3) is 11.8 Å². The zero-order chi connectivity index (χ0) is 18.8. The van der Waals surface area contributed by atoms with Crippen LogP contribution >= 0.6 is 0 Å². The minimum Gasteiger partial charge on any atom is -0.335 e. The van der Waals surface area contributed by atoms with Crippen LogP contribution in [0.2, 0.25) is 0 Å². The maximum atomic E-state index is 13.1. The fraction of sp³-hybridized carbons (Fsp3) is 0.381. The van der Waals surface area contributed by atoms with Crippen molar-refractivity contribution in [1.29, 1.82) is 0 Å². The average molecular weight is 364 g/mol. The number of hydrogen-bond donors (Lipinski definition) is 0. The lowest BCUT2D eigenvalue weighted by molar-refractivity contribution is 0.0658. The number of aryl methyl sites for hydroxylation is 1. The topological polar surface area (TPSA) is 56.8 Å². The van der Waals surface area contributed by atoms with Crippen molar-refractivity contribution >= 4 is 17.5 Å². The third-order valence-corrected chi connectivity index (χ3v) is 5.33. The van der Waals surface area contributed by atoms with Crippen molar-refractivity contribution in [3.8, 4) is 0 Å². The Morgan fingerprint density at radius 3 is 2.33 bits per heavy atom. The highest BCUT2D eigenvalue weighted by Gasteiger charge is 2.26. The number of carbonyl (C=O) groups is 2. The van der Waals surface area contributed by atoms with Crippen LogP contribution in [0.3, 0.4) is 0 Å². The Morgan fingerprint density at radius 2 is 1.56 bits per heavy atom. The Kier molecular flexibility index (Phi) is 4.90. The number of para-hydroxylation sites is 1. The van der Waals surface area contributed by atoms with Crippen molar-refractivity contribution in [3.63, 3.8) is 0 Å². The van der Waals surface area contributed by atoms with Gasteiger partial charge >= 0.3 is 0 Å². The standard InChI is InChI=1S/C21H24N4O2/c1-23-12-14-24(15-13-23)20(26)17-8-4-9-18(22-17)21(27)25-11-5-7-16-6-2-3-10-19(16)25/h2-4,6,8-10H,5,7,11-15H2,1H3. The van der Waals surface area contributed by atoms with Gasteiger partial charge in [-0.25, -0.2) is 4.98 Å². The number of rotatable bonds is 2. The number of piperazine rings is 1. The molecule has 0 aliphatic carbocycles. The lowest BCUT2D eigenvalue weighted by Gasteiger charge is -2.32. The molecule has 0 saturated carbocycles. The number of carbonyl (C=O) groups excluding carboxylic acids is 2. The van der Waals surface area contributed by atoms with Gasteiger partial charge in [-0.1, -0.05) is 24.3 Å². The molecule has 27 heavy (non-hydrogen) atoms. The summed E-state index contributed by atoms with van der Waals surface area (Å²) in [7, 11) is 2.05. The van der Waals surface area contributed by atoms with Crippen molar-refractivity contribution in [1.82, 2.24) is 14.8 Å². The predicted octanol–water partition coefficient (Wildman–Crippen LogP) is 2.06. The van der Waals surface area contributed by atoms with E-state index in [1.54, 1.807) is 23.1 Å². The van der Waals surface area contributed by atoms with E-state index >= 15 is 0 Å². The van der Waals surface area contributed by atoms with E-state index in [0.717, 1.165) is 31.6 Å². The number of likely N-dealkylation sites (N-methyl/N-ethyl adjacent to an activating group) is 1. The zero-order valence-corrected chi connectivity index (χ0v) is 15.6. The monoisotopic (exact) mass is 364 g/mol. The van der Waals surface area contributed by atoms with E-state index in [0.29, 0.717) is 31.0 Å². The summed E-state index contributed by atoms with van der Waals surface area (Å²) < 4.78 is 0. The molecule has 1 fully saturated rings. The fourth-order valence-corrected chi connectivity index (χ4v) is 3.73. The second-order valence-corrected chi connectivity index (χ2v) is 7.19. The quantitative estimate of drug-likeness (QED) is 0.819. The van der Waals surface area contributed by atoms with Gasteiger partial charge in [-0.2, -0.15) is 0 Å². The first-order valence-electron chi connectivity index (χ1n) is 9.48. The number of hydrogen-bond acceptors (Lipinski definition) is 4. The van der Waals surface area contributed by atoms with E-state index in [2.05, 4.69) is 23.0 Å². The van der Waals surface area contributed by atoms with E-state index in [1.807, 2.05) is 23.1 Å². The molecule has 0 bridgehead atoms. The molecule has 6 nitrogen and oxygen atoms in total. The number of fused-ring (bicyclic) bond motifs is 1. The first kappa shape index (κ1) is 17.7. The average Bonchev–Trinajstić information content (AvgIpc) is 2.73. The highest BCUT2D eigenvalue weighted by molar-refractivity contribution is 6.06. The molecule has 140 valence electrons. The van der Waals surface area contributed by atoms with Gasteiger partial charge in [-0.05, 0) is 43.7 Å². The van der Waals surface area contributed by atoms with Crippen LogP contribution in [0.15, 0.2) is 42.5 Å². The lowest BCUT2D eigenvalue weighted by atomic mass is 10.0. The lowest BCUT2D eigenvalue weighted by Crippen LogP contribution is -2.47. The Hall–Kier alpha value is -2.73. The molecule has 0 radical (unpaired) electrons. The van der Waals surface area contributed by atoms with Gasteiger partial charge in [-0.15, -0.1) is 0 Å². The molecule has 1 aromatic heterocycles. The van der Waals surface area contributed by atoms with Crippen LogP contribution < -0.4 is 4.90 Å². The molecule has 1 aromatic carbocycles. The van der Waals surface area contributed by atoms with Crippen LogP contribution in [0.4, 0.5) is 5.69 Å². The Balaban J connectivity index is 1.56. The molecule has 1 saturated heterocycles. The largest absolute Gasteiger partial charge is 0.335 e. The van der Waals surface area contributed by atoms with Gasteiger partial charge in [0.15, 0.2) is 0 Å². The van der Waals surface area contributed by atoms with Crippen molar-refractivity contribution in [3.05, 3.63) is 59.4 Å². The van der Waals surface area contributed by atoms with Gasteiger partial charge in [0, 0.05) is 38.4 Å². The molecular formula is C21H24N4O2. The predicted molar refractivity (Wildman–Crippen MR) is 104 cm³/mol. The molecular weight excluding hydrogens is 340 g/mol. The van der Waals surface area contributed by atoms with E-state index in [1.165, 1.54) is 5.56 Å². The molecule has 2 aromatic rings. The number of nitrogens with zero attached hydrogens (tertiary/aromatic N) is 4. The second kappa shape index (κ2) is 7.48. The molecule has 4 rings (SSSR count). The Bertz CT molecular complexity index is 859. The summed E-state index contributed by atoms with van der Waals surface area (Å²) in [6.45, 7) is 3.77. The molecule has 0 atom stereocenters. The number of anilines is 1. The summed E-state index contributed by atoms with van der Waals surface area (Å²) in [6, 6.07) is 13.1. The summed E-state index contributed by atoms with van der Waals surface area (Å²) >= 11 is 0. The molecule has 2 aliphatic heterocycles. The minimum absolute atomic E-state index is 0.100. The Labute approximate surface area is 159 Å². The molecule has 0 N–H and O–H groups in total. The minimum atomic E-state index is -0.143. The van der Waals surface area contributed by atoms with E-state index in [-0.39, 0.29) is 11.8 Å². The first-order chi connectivity index (χ1) is 13.1. The molecule has 2 aliphatic rings. The summed E-state index contributed by atoms with van der Waals surface area (Å²) in [5.41, 5.74) is 2.80. The molecule has 0 spiro atoms. The van der Waals surface area contributed by atoms with Gasteiger partial charge in [0.05, 0.1) is 0 Å². The van der Waals surface area contributed by atoms with Crippen molar-refractivity contribution < 1.29 is 9.59 Å². The fourth-order valence-electron chi connectivity index (χ4n) is 3.73. The third-order valence-electron chi connectivity index (χ3n) is 5.33. The number of pyridine rings is 1. The number of benzene rings is 1. The molecule has 2 amide bonds. The van der Waals surface area contributed by atoms with Gasteiger partial charge in [-0.3, -0.25) is 9.59 Å². The van der Waals surface area contributed by atoms with Crippen LogP contribution in [-0.2, 0) is 6.42 Å². The van der Waals surface area contributed by atoms with Crippen LogP contribution in [0.25, 0.3) is 0 Å². The summed E-state index contributed by atoms with van der Waals surface area (Å²) in [4.78, 5) is 36.1. The molecule has 0 unspecified atom stereocenters. The van der Waals surface area contributed by atoms with Gasteiger partial charge < -0.3 is 14.7 Å². The maximum Gasteiger partial charge on any atom is 0.276 e. The number of aromatic nitrogens is 1. The molecule has 3 heterocycles. The first-order valence-corrected chi connectivity index (χ1v) is 9.48. The van der Waals surface area contributed by atoms with Crippen molar-refractivity contribution in [2.45, 2.75) is 12.8 Å². The van der Waals surface area contributed by atoms with Crippen LogP contribution in [0.1, 0.15) is 33.0 Å². The summed E-state index contributed by atoms with van der Waals surface area (Å²) in [6.07, 6.45) is 1.91. The Morgan fingerprint density at radius 1 is 0.852 bits per heavy atom. The maximum absolute atomic E-state index is 13.1. The normalized spacial score (nSPS) is 17.5. The van der Waals surface area contributed by atoms with E-state index < -0.39 is 0 Å². The second-order valence-electron chi connectivity index (χ2n) is 7.19. The van der Waals surface area contributed by atoms with E-state index in [4.69, 9.17) is 0 Å². The number of amides is 2. The van der Waals surface area contributed by atoms with Crippen LogP contribution in [0.5, 0.6) is 0 Å². The SMILES string of the molecule is CN1CCN(C(=O)c2cccc(C(=O)N3CCCc4ccccc43)n2)CC1. The van der Waals surface area contributed by atoms with Crippen molar-refractivity contribution in [2.24, 2.45) is 0 Å². The highest BCUT2D eigenvalue weighted by Crippen LogP contribution is 2.27. The van der Waals surface area contributed by atoms with Crippen molar-refractivity contribution in [2.75, 3.05) is 44.7 Å². The van der Waals surface area contributed by atoms with Gasteiger partial charge in [0.2, 0.25) is 0 Å². The smallest absolute Gasteiger partial charge is 0.276 e. The summed E-state index contributed by atoms with van der Waals surface area (Å²) in [5, 5.41) is 0. The highest BCUT2D eigenvalue weighted by atomic mass is 16.2. The zero-order valence-electron chi connectivity index (χ0n) is 15.6. The van der Waals surface area contributed by atoms with Crippen LogP contribution in [-0.4, -0.2) is 66.4 Å². The van der Waals surface area contributed by atoms with E-state index in [9.17, 15) is 9.59 Å². The third kappa shape index (κ3) is 3.57. The molecule has 6 heteroatoms.